The molecule has 1 heterocycles. The summed E-state index contributed by atoms with van der Waals surface area (Å²) in [5.74, 6) is -0.142. The summed E-state index contributed by atoms with van der Waals surface area (Å²) < 4.78 is 7.35. The molecule has 2 aromatic carbocycles. The maximum absolute atomic E-state index is 12.8. The molecule has 30 heavy (non-hydrogen) atoms. The molecule has 0 amide bonds. The van der Waals surface area contributed by atoms with E-state index in [1.54, 1.807) is 0 Å². The Balaban J connectivity index is 1.98. The van der Waals surface area contributed by atoms with Crippen molar-refractivity contribution >= 4 is 11.7 Å². The number of aromatic nitrogens is 2. The fourth-order valence-corrected chi connectivity index (χ4v) is 3.68. The molecule has 5 heteroatoms. The topological polar surface area (TPSA) is 70.1 Å². The molecular formula is C25H31N3O2. The molecule has 0 radical (unpaired) electrons. The van der Waals surface area contributed by atoms with E-state index in [9.17, 15) is 4.79 Å². The number of hydrogen-bond donors (Lipinski definition) is 1. The fraction of sp³-hybridized carbons (Fsp3) is 0.360. The van der Waals surface area contributed by atoms with Crippen LogP contribution < -0.4 is 5.73 Å². The number of anilines is 1. The first-order valence-corrected chi connectivity index (χ1v) is 10.7. The minimum Gasteiger partial charge on any atom is -0.462 e. The summed E-state index contributed by atoms with van der Waals surface area (Å²) in [5.41, 5.74) is 12.4. The first-order valence-electron chi connectivity index (χ1n) is 10.7. The normalized spacial score (nSPS) is 11.1. The number of carbonyl (C=O) groups excluding carboxylic acids is 1. The second-order valence-electron chi connectivity index (χ2n) is 7.77. The van der Waals surface area contributed by atoms with E-state index in [0.29, 0.717) is 18.6 Å². The van der Waals surface area contributed by atoms with Crippen molar-refractivity contribution < 1.29 is 9.53 Å². The Bertz CT molecular complexity index is 1000. The van der Waals surface area contributed by atoms with Crippen LogP contribution in [0.3, 0.4) is 0 Å². The molecule has 3 rings (SSSR count). The fourth-order valence-electron chi connectivity index (χ4n) is 3.68. The Morgan fingerprint density at radius 3 is 2.40 bits per heavy atom. The van der Waals surface area contributed by atoms with Gasteiger partial charge in [-0.3, -0.25) is 4.68 Å². The number of rotatable bonds is 8. The van der Waals surface area contributed by atoms with E-state index in [-0.39, 0.29) is 11.9 Å². The van der Waals surface area contributed by atoms with Crippen molar-refractivity contribution in [1.29, 1.82) is 0 Å². The minimum atomic E-state index is -0.285. The Kier molecular flexibility index (Phi) is 6.93. The molecule has 0 unspecified atom stereocenters. The van der Waals surface area contributed by atoms with Gasteiger partial charge >= 0.3 is 5.97 Å². The molecule has 0 aliphatic rings. The zero-order valence-electron chi connectivity index (χ0n) is 18.3. The Morgan fingerprint density at radius 2 is 1.80 bits per heavy atom. The zero-order chi connectivity index (χ0) is 21.7. The lowest BCUT2D eigenvalue weighted by atomic mass is 9.98. The predicted molar refractivity (Wildman–Crippen MR) is 122 cm³/mol. The maximum Gasteiger partial charge on any atom is 0.341 e. The summed E-state index contributed by atoms with van der Waals surface area (Å²) in [6.07, 6.45) is 1.57. The van der Waals surface area contributed by atoms with Gasteiger partial charge in [0.2, 0.25) is 0 Å². The quantitative estimate of drug-likeness (QED) is 0.400. The molecule has 0 spiro atoms. The molecular weight excluding hydrogens is 374 g/mol. The smallest absolute Gasteiger partial charge is 0.341 e. The molecule has 5 nitrogen and oxygen atoms in total. The van der Waals surface area contributed by atoms with Gasteiger partial charge in [-0.1, -0.05) is 63.2 Å². The molecule has 0 bridgehead atoms. The minimum absolute atomic E-state index is 0.143. The number of carbonyl (C=O) groups is 1. The van der Waals surface area contributed by atoms with E-state index in [1.807, 2.05) is 35.9 Å². The second kappa shape index (κ2) is 9.61. The first-order chi connectivity index (χ1) is 14.5. The van der Waals surface area contributed by atoms with Crippen molar-refractivity contribution in [3.63, 3.8) is 0 Å². The average Bonchev–Trinajstić information content (AvgIpc) is 3.08. The lowest BCUT2D eigenvalue weighted by Crippen LogP contribution is -2.12. The van der Waals surface area contributed by atoms with E-state index >= 15 is 0 Å². The summed E-state index contributed by atoms with van der Waals surface area (Å²) >= 11 is 0. The largest absolute Gasteiger partial charge is 0.462 e. The Labute approximate surface area is 178 Å². The van der Waals surface area contributed by atoms with Gasteiger partial charge in [0.05, 0.1) is 18.0 Å². The number of esters is 1. The highest BCUT2D eigenvalue weighted by Crippen LogP contribution is 2.28. The van der Waals surface area contributed by atoms with E-state index in [2.05, 4.69) is 45.0 Å². The van der Waals surface area contributed by atoms with Gasteiger partial charge in [-0.25, -0.2) is 4.79 Å². The lowest BCUT2D eigenvalue weighted by molar-refractivity contribution is 0.0523. The van der Waals surface area contributed by atoms with Crippen LogP contribution in [0.25, 0.3) is 11.1 Å². The number of benzene rings is 2. The van der Waals surface area contributed by atoms with E-state index in [0.717, 1.165) is 46.7 Å². The highest BCUT2D eigenvalue weighted by molar-refractivity contribution is 5.92. The molecule has 2 N–H and O–H groups in total. The van der Waals surface area contributed by atoms with Crippen LogP contribution in [0.1, 0.15) is 67.3 Å². The summed E-state index contributed by atoms with van der Waals surface area (Å²) in [6.45, 7) is 9.18. The van der Waals surface area contributed by atoms with E-state index in [1.165, 1.54) is 0 Å². The molecule has 158 valence electrons. The third kappa shape index (κ3) is 4.56. The van der Waals surface area contributed by atoms with Crippen LogP contribution in [-0.4, -0.2) is 22.4 Å². The van der Waals surface area contributed by atoms with Crippen LogP contribution in [0.5, 0.6) is 0 Å². The number of aryl methyl sites for hydroxylation is 1. The molecule has 0 aliphatic heterocycles. The second-order valence-corrected chi connectivity index (χ2v) is 7.77. The third-order valence-electron chi connectivity index (χ3n) is 5.14. The molecule has 0 atom stereocenters. The number of nitrogen functional groups attached to an aromatic ring is 1. The lowest BCUT2D eigenvalue weighted by Gasteiger charge is -2.11. The van der Waals surface area contributed by atoms with Crippen LogP contribution in [0.4, 0.5) is 5.69 Å². The van der Waals surface area contributed by atoms with Crippen molar-refractivity contribution in [3.8, 4) is 11.1 Å². The molecule has 0 aliphatic carbocycles. The third-order valence-corrected chi connectivity index (χ3v) is 5.14. The monoisotopic (exact) mass is 405 g/mol. The first kappa shape index (κ1) is 21.6. The van der Waals surface area contributed by atoms with Gasteiger partial charge in [0.15, 0.2) is 0 Å². The van der Waals surface area contributed by atoms with Crippen LogP contribution in [0.2, 0.25) is 0 Å². The van der Waals surface area contributed by atoms with Crippen molar-refractivity contribution in [2.75, 3.05) is 12.3 Å². The number of nitrogens with zero attached hydrogens (tertiary/aromatic N) is 2. The Hall–Kier alpha value is -3.08. The molecule has 0 saturated carbocycles. The molecule has 3 aromatic rings. The summed E-state index contributed by atoms with van der Waals surface area (Å²) in [7, 11) is 0. The van der Waals surface area contributed by atoms with Gasteiger partial charge in [0.25, 0.3) is 0 Å². The SMILES string of the molecule is CCCn1nc(C(C)C)c(C(=O)OCC)c1Cc1ccc(-c2ccccc2N)cc1. The number of nitrogens with two attached hydrogens (primary N) is 1. The summed E-state index contributed by atoms with van der Waals surface area (Å²) in [6, 6.07) is 16.2. The van der Waals surface area contributed by atoms with Gasteiger partial charge in [-0.15, -0.1) is 0 Å². The summed E-state index contributed by atoms with van der Waals surface area (Å²) in [4.78, 5) is 12.8. The van der Waals surface area contributed by atoms with Gasteiger partial charge < -0.3 is 10.5 Å². The average molecular weight is 406 g/mol. The number of hydrogen-bond acceptors (Lipinski definition) is 4. The Morgan fingerprint density at radius 1 is 1.10 bits per heavy atom. The van der Waals surface area contributed by atoms with Gasteiger partial charge in [-0.2, -0.15) is 5.10 Å². The predicted octanol–water partition coefficient (Wildman–Crippen LogP) is 5.43. The number of para-hydroxylation sites is 1. The highest BCUT2D eigenvalue weighted by Gasteiger charge is 2.26. The molecule has 0 fully saturated rings. The molecule has 0 saturated heterocycles. The zero-order valence-corrected chi connectivity index (χ0v) is 18.3. The van der Waals surface area contributed by atoms with E-state index in [4.69, 9.17) is 15.6 Å². The van der Waals surface area contributed by atoms with Gasteiger partial charge in [0.1, 0.15) is 5.56 Å². The van der Waals surface area contributed by atoms with Crippen molar-refractivity contribution in [1.82, 2.24) is 9.78 Å². The van der Waals surface area contributed by atoms with Crippen LogP contribution in [0, 0.1) is 0 Å². The highest BCUT2D eigenvalue weighted by atomic mass is 16.5. The molecule has 1 aromatic heterocycles. The summed E-state index contributed by atoms with van der Waals surface area (Å²) in [5, 5.41) is 4.77. The van der Waals surface area contributed by atoms with Crippen molar-refractivity contribution in [2.45, 2.75) is 53.0 Å². The van der Waals surface area contributed by atoms with Gasteiger partial charge in [-0.05, 0) is 36.5 Å². The van der Waals surface area contributed by atoms with E-state index < -0.39 is 0 Å². The number of ether oxygens (including phenoxy) is 1. The maximum atomic E-state index is 12.8. The van der Waals surface area contributed by atoms with Gasteiger partial charge in [0, 0.05) is 24.2 Å². The van der Waals surface area contributed by atoms with Crippen molar-refractivity contribution in [2.24, 2.45) is 0 Å². The van der Waals surface area contributed by atoms with Crippen molar-refractivity contribution in [3.05, 3.63) is 71.0 Å². The van der Waals surface area contributed by atoms with Crippen LogP contribution in [0.15, 0.2) is 48.5 Å². The standard InChI is InChI=1S/C25H31N3O2/c1-5-15-28-22(23(25(29)30-6-2)24(27-28)17(3)4)16-18-11-13-19(14-12-18)20-9-7-8-10-21(20)26/h7-14,17H,5-6,15-16,26H2,1-4H3. The van der Waals surface area contributed by atoms with Crippen LogP contribution in [-0.2, 0) is 17.7 Å². The van der Waals surface area contributed by atoms with Crippen LogP contribution >= 0.6 is 0 Å².